The first-order valence-corrected chi connectivity index (χ1v) is 5.88. The normalized spacial score (nSPS) is 12.7. The molecule has 1 aromatic carbocycles. The van der Waals surface area contributed by atoms with E-state index in [1.165, 1.54) is 0 Å². The minimum absolute atomic E-state index is 0.114. The average Bonchev–Trinajstić information content (AvgIpc) is 3.05. The molecule has 4 nitrogen and oxygen atoms in total. The van der Waals surface area contributed by atoms with Crippen molar-refractivity contribution >= 4 is 5.78 Å². The van der Waals surface area contributed by atoms with E-state index < -0.39 is 0 Å². The summed E-state index contributed by atoms with van der Waals surface area (Å²) in [5, 5.41) is 0. The van der Waals surface area contributed by atoms with E-state index >= 15 is 0 Å². The number of benzene rings is 1. The Morgan fingerprint density at radius 2 is 2.11 bits per heavy atom. The molecule has 92 valence electrons. The van der Waals surface area contributed by atoms with E-state index in [1.54, 1.807) is 18.2 Å². The van der Waals surface area contributed by atoms with Gasteiger partial charge in [0, 0.05) is 23.9 Å². The predicted molar refractivity (Wildman–Crippen MR) is 66.0 cm³/mol. The Morgan fingerprint density at radius 1 is 1.22 bits per heavy atom. The Bertz CT molecular complexity index is 560. The van der Waals surface area contributed by atoms with E-state index in [4.69, 9.17) is 9.47 Å². The summed E-state index contributed by atoms with van der Waals surface area (Å²) in [7, 11) is 0. The topological polar surface area (TPSA) is 51.3 Å². The van der Waals surface area contributed by atoms with Crippen LogP contribution in [0.3, 0.4) is 0 Å². The first-order chi connectivity index (χ1) is 8.83. The van der Waals surface area contributed by atoms with Crippen LogP contribution in [0.4, 0.5) is 0 Å². The second kappa shape index (κ2) is 4.56. The van der Waals surface area contributed by atoms with Gasteiger partial charge < -0.3 is 14.5 Å². The highest BCUT2D eigenvalue weighted by molar-refractivity contribution is 5.96. The summed E-state index contributed by atoms with van der Waals surface area (Å²) < 4.78 is 10.5. The minimum atomic E-state index is 0.114. The molecule has 0 spiro atoms. The van der Waals surface area contributed by atoms with E-state index in [2.05, 4.69) is 4.98 Å². The maximum absolute atomic E-state index is 12.0. The lowest BCUT2D eigenvalue weighted by Crippen LogP contribution is -2.01. The van der Waals surface area contributed by atoms with Crippen LogP contribution in [0.25, 0.3) is 0 Å². The molecule has 0 saturated carbocycles. The van der Waals surface area contributed by atoms with E-state index in [1.807, 2.05) is 18.3 Å². The first-order valence-electron chi connectivity index (χ1n) is 5.88. The van der Waals surface area contributed by atoms with Crippen LogP contribution in [0.5, 0.6) is 11.5 Å². The highest BCUT2D eigenvalue weighted by Crippen LogP contribution is 2.32. The highest BCUT2D eigenvalue weighted by atomic mass is 16.7. The zero-order valence-corrected chi connectivity index (χ0v) is 9.81. The quantitative estimate of drug-likeness (QED) is 0.839. The number of fused-ring (bicyclic) bond motifs is 1. The van der Waals surface area contributed by atoms with Gasteiger partial charge in [-0.3, -0.25) is 4.79 Å². The maximum Gasteiger partial charge on any atom is 0.231 e. The number of H-pyrrole nitrogens is 1. The smallest absolute Gasteiger partial charge is 0.231 e. The number of hydrogen-bond donors (Lipinski definition) is 1. The number of Topliss-reactive ketones (excluding diaryl/α,β-unsaturated/α-hetero) is 1. The van der Waals surface area contributed by atoms with Crippen molar-refractivity contribution in [2.24, 2.45) is 0 Å². The SMILES string of the molecule is O=C(CCc1ccc[nH]1)c1ccc2c(c1)OCO2. The Kier molecular flexibility index (Phi) is 2.76. The van der Waals surface area contributed by atoms with Crippen molar-refractivity contribution in [3.05, 3.63) is 47.8 Å². The second-order valence-electron chi connectivity index (χ2n) is 4.19. The van der Waals surface area contributed by atoms with Crippen LogP contribution >= 0.6 is 0 Å². The Morgan fingerprint density at radius 3 is 2.94 bits per heavy atom. The summed E-state index contributed by atoms with van der Waals surface area (Å²) in [6.45, 7) is 0.232. The predicted octanol–water partition coefficient (Wildman–Crippen LogP) is 2.56. The number of carbonyl (C=O) groups excluding carboxylic acids is 1. The van der Waals surface area contributed by atoms with Gasteiger partial charge in [0.2, 0.25) is 6.79 Å². The highest BCUT2D eigenvalue weighted by Gasteiger charge is 2.16. The fourth-order valence-electron chi connectivity index (χ4n) is 1.99. The molecule has 2 heterocycles. The summed E-state index contributed by atoms with van der Waals surface area (Å²) in [5.74, 6) is 1.47. The van der Waals surface area contributed by atoms with E-state index in [0.29, 0.717) is 23.5 Å². The Labute approximate surface area is 105 Å². The van der Waals surface area contributed by atoms with Crippen molar-refractivity contribution < 1.29 is 14.3 Å². The van der Waals surface area contributed by atoms with Gasteiger partial charge in [-0.1, -0.05) is 0 Å². The molecule has 0 unspecified atom stereocenters. The Hall–Kier alpha value is -2.23. The fourth-order valence-corrected chi connectivity index (χ4v) is 1.99. The number of carbonyl (C=O) groups is 1. The largest absolute Gasteiger partial charge is 0.454 e. The van der Waals surface area contributed by atoms with E-state index in [-0.39, 0.29) is 12.6 Å². The molecule has 0 bridgehead atoms. The van der Waals surface area contributed by atoms with Crippen LogP contribution in [0.2, 0.25) is 0 Å². The lowest BCUT2D eigenvalue weighted by Gasteiger charge is -2.02. The molecular formula is C14H13NO3. The molecule has 0 atom stereocenters. The van der Waals surface area contributed by atoms with Gasteiger partial charge in [0.25, 0.3) is 0 Å². The summed E-state index contributed by atoms with van der Waals surface area (Å²) >= 11 is 0. The van der Waals surface area contributed by atoms with Crippen molar-refractivity contribution in [1.82, 2.24) is 4.98 Å². The third kappa shape index (κ3) is 2.09. The lowest BCUT2D eigenvalue weighted by atomic mass is 10.1. The van der Waals surface area contributed by atoms with Gasteiger partial charge >= 0.3 is 0 Å². The summed E-state index contributed by atoms with van der Waals surface area (Å²) in [4.78, 5) is 15.1. The standard InChI is InChI=1S/C14H13NO3/c16-12(5-4-11-2-1-7-15-11)10-3-6-13-14(8-10)18-9-17-13/h1-3,6-8,15H,4-5,9H2. The summed E-state index contributed by atoms with van der Waals surface area (Å²) in [5.41, 5.74) is 1.75. The fraction of sp³-hybridized carbons (Fsp3) is 0.214. The van der Waals surface area contributed by atoms with Gasteiger partial charge in [-0.25, -0.2) is 0 Å². The number of hydrogen-bond acceptors (Lipinski definition) is 3. The van der Waals surface area contributed by atoms with Gasteiger partial charge in [0.05, 0.1) is 0 Å². The van der Waals surface area contributed by atoms with E-state index in [0.717, 1.165) is 12.1 Å². The van der Waals surface area contributed by atoms with Crippen LogP contribution in [0.1, 0.15) is 22.5 Å². The molecule has 1 aliphatic heterocycles. The third-order valence-electron chi connectivity index (χ3n) is 2.98. The van der Waals surface area contributed by atoms with Gasteiger partial charge in [0.15, 0.2) is 17.3 Å². The van der Waals surface area contributed by atoms with Crippen molar-refractivity contribution in [3.63, 3.8) is 0 Å². The molecule has 0 amide bonds. The summed E-state index contributed by atoms with van der Waals surface area (Å²) in [6, 6.07) is 9.22. The molecule has 3 rings (SSSR count). The van der Waals surface area contributed by atoms with Crippen LogP contribution in [0, 0.1) is 0 Å². The number of nitrogens with one attached hydrogen (secondary N) is 1. The van der Waals surface area contributed by atoms with Gasteiger partial charge in [-0.05, 0) is 36.8 Å². The first kappa shape index (κ1) is 10.9. The number of aromatic nitrogens is 1. The van der Waals surface area contributed by atoms with Crippen LogP contribution in [-0.4, -0.2) is 17.6 Å². The van der Waals surface area contributed by atoms with Gasteiger partial charge in [-0.15, -0.1) is 0 Å². The molecule has 2 aromatic rings. The van der Waals surface area contributed by atoms with Crippen LogP contribution in [0.15, 0.2) is 36.5 Å². The number of aryl methyl sites for hydroxylation is 1. The van der Waals surface area contributed by atoms with Crippen molar-refractivity contribution in [2.75, 3.05) is 6.79 Å². The molecule has 0 fully saturated rings. The molecule has 0 radical (unpaired) electrons. The molecule has 0 saturated heterocycles. The summed E-state index contributed by atoms with van der Waals surface area (Å²) in [6.07, 6.45) is 3.07. The zero-order chi connectivity index (χ0) is 12.4. The maximum atomic E-state index is 12.0. The molecule has 1 N–H and O–H groups in total. The van der Waals surface area contributed by atoms with Crippen molar-refractivity contribution in [2.45, 2.75) is 12.8 Å². The van der Waals surface area contributed by atoms with E-state index in [9.17, 15) is 4.79 Å². The molecule has 1 aromatic heterocycles. The van der Waals surface area contributed by atoms with Crippen LogP contribution in [-0.2, 0) is 6.42 Å². The lowest BCUT2D eigenvalue weighted by molar-refractivity contribution is 0.0982. The Balaban J connectivity index is 1.69. The van der Waals surface area contributed by atoms with Gasteiger partial charge in [0.1, 0.15) is 0 Å². The monoisotopic (exact) mass is 243 g/mol. The molecule has 0 aliphatic carbocycles. The number of aromatic amines is 1. The zero-order valence-electron chi connectivity index (χ0n) is 9.81. The molecule has 1 aliphatic rings. The third-order valence-corrected chi connectivity index (χ3v) is 2.98. The number of ketones is 1. The van der Waals surface area contributed by atoms with Crippen molar-refractivity contribution in [1.29, 1.82) is 0 Å². The molecular weight excluding hydrogens is 230 g/mol. The van der Waals surface area contributed by atoms with Crippen molar-refractivity contribution in [3.8, 4) is 11.5 Å². The number of ether oxygens (including phenoxy) is 2. The second-order valence-corrected chi connectivity index (χ2v) is 4.19. The average molecular weight is 243 g/mol. The molecule has 18 heavy (non-hydrogen) atoms. The molecule has 4 heteroatoms. The minimum Gasteiger partial charge on any atom is -0.454 e. The van der Waals surface area contributed by atoms with Gasteiger partial charge in [-0.2, -0.15) is 0 Å². The number of rotatable bonds is 4. The van der Waals surface area contributed by atoms with Crippen LogP contribution < -0.4 is 9.47 Å².